The molecule has 1 N–H and O–H groups in total. The van der Waals surface area contributed by atoms with Gasteiger partial charge in [-0.25, -0.2) is 0 Å². The largest absolute Gasteiger partial charge is 0.310 e. The van der Waals surface area contributed by atoms with Crippen LogP contribution in [0.2, 0.25) is 0 Å². The molecule has 0 aliphatic heterocycles. The summed E-state index contributed by atoms with van der Waals surface area (Å²) < 4.78 is 0. The number of rotatable bonds is 5. The van der Waals surface area contributed by atoms with Crippen molar-refractivity contribution in [3.05, 3.63) is 29.6 Å². The molecular weight excluding hydrogens is 172 g/mol. The molecule has 1 aromatic heterocycles. The van der Waals surface area contributed by atoms with Crippen molar-refractivity contribution in [2.24, 2.45) is 0 Å². The van der Waals surface area contributed by atoms with E-state index in [0.717, 1.165) is 12.2 Å². The van der Waals surface area contributed by atoms with E-state index in [9.17, 15) is 0 Å². The highest BCUT2D eigenvalue weighted by Gasteiger charge is 2.08. The average Bonchev–Trinajstić information content (AvgIpc) is 2.19. The van der Waals surface area contributed by atoms with E-state index in [0.29, 0.717) is 6.04 Å². The van der Waals surface area contributed by atoms with E-state index in [-0.39, 0.29) is 0 Å². The van der Waals surface area contributed by atoms with Gasteiger partial charge in [-0.1, -0.05) is 26.3 Å². The lowest BCUT2D eigenvalue weighted by atomic mass is 10.0. The van der Waals surface area contributed by atoms with Crippen LogP contribution in [0.1, 0.15) is 44.0 Å². The molecule has 0 saturated heterocycles. The summed E-state index contributed by atoms with van der Waals surface area (Å²) in [5.74, 6) is 0. The summed E-state index contributed by atoms with van der Waals surface area (Å²) in [6, 6.07) is 4.72. The van der Waals surface area contributed by atoms with Crippen molar-refractivity contribution in [1.82, 2.24) is 10.3 Å². The molecule has 0 spiro atoms. The Morgan fingerprint density at radius 2 is 2.14 bits per heavy atom. The van der Waals surface area contributed by atoms with Gasteiger partial charge in [0.25, 0.3) is 0 Å². The first-order valence-corrected chi connectivity index (χ1v) is 5.43. The lowest BCUT2D eigenvalue weighted by Crippen LogP contribution is -2.20. The van der Waals surface area contributed by atoms with E-state index in [1.165, 1.54) is 18.4 Å². The standard InChI is InChI=1S/C12H20N2/c1-4-6-12(13-5-2)11-8-7-10(3)14-9-11/h7-9,12-13H,4-6H2,1-3H3. The fraction of sp³-hybridized carbons (Fsp3) is 0.583. The molecule has 1 rings (SSSR count). The predicted octanol–water partition coefficient (Wildman–Crippen LogP) is 2.84. The molecule has 1 unspecified atom stereocenters. The molecule has 2 heteroatoms. The van der Waals surface area contributed by atoms with Crippen molar-refractivity contribution < 1.29 is 0 Å². The molecule has 0 radical (unpaired) electrons. The normalized spacial score (nSPS) is 12.8. The molecule has 0 fully saturated rings. The molecule has 0 amide bonds. The quantitative estimate of drug-likeness (QED) is 0.776. The highest BCUT2D eigenvalue weighted by Crippen LogP contribution is 2.17. The summed E-state index contributed by atoms with van der Waals surface area (Å²) in [6.07, 6.45) is 4.36. The van der Waals surface area contributed by atoms with Gasteiger partial charge in [0.2, 0.25) is 0 Å². The molecule has 78 valence electrons. The van der Waals surface area contributed by atoms with E-state index >= 15 is 0 Å². The van der Waals surface area contributed by atoms with Gasteiger partial charge < -0.3 is 5.32 Å². The molecule has 1 heterocycles. The Hall–Kier alpha value is -0.890. The monoisotopic (exact) mass is 192 g/mol. The zero-order valence-corrected chi connectivity index (χ0v) is 9.38. The van der Waals surface area contributed by atoms with Crippen LogP contribution in [0.15, 0.2) is 18.3 Å². The van der Waals surface area contributed by atoms with E-state index in [2.05, 4.69) is 36.3 Å². The van der Waals surface area contributed by atoms with Gasteiger partial charge in [0.1, 0.15) is 0 Å². The minimum atomic E-state index is 0.470. The second-order valence-corrected chi connectivity index (χ2v) is 3.63. The van der Waals surface area contributed by atoms with Crippen LogP contribution in [0.25, 0.3) is 0 Å². The van der Waals surface area contributed by atoms with Crippen LogP contribution in [-0.2, 0) is 0 Å². The third kappa shape index (κ3) is 3.11. The van der Waals surface area contributed by atoms with Crippen LogP contribution in [0.3, 0.4) is 0 Å². The maximum atomic E-state index is 4.32. The van der Waals surface area contributed by atoms with Crippen molar-refractivity contribution in [3.63, 3.8) is 0 Å². The van der Waals surface area contributed by atoms with Gasteiger partial charge >= 0.3 is 0 Å². The Bertz CT molecular complexity index is 248. The molecule has 1 atom stereocenters. The smallest absolute Gasteiger partial charge is 0.0372 e. The van der Waals surface area contributed by atoms with E-state index in [4.69, 9.17) is 0 Å². The number of nitrogens with zero attached hydrogens (tertiary/aromatic N) is 1. The molecular formula is C12H20N2. The highest BCUT2D eigenvalue weighted by atomic mass is 14.9. The zero-order valence-electron chi connectivity index (χ0n) is 9.38. The minimum Gasteiger partial charge on any atom is -0.310 e. The summed E-state index contributed by atoms with van der Waals surface area (Å²) in [5.41, 5.74) is 2.39. The van der Waals surface area contributed by atoms with Crippen LogP contribution < -0.4 is 5.32 Å². The third-order valence-electron chi connectivity index (χ3n) is 2.36. The minimum absolute atomic E-state index is 0.470. The van der Waals surface area contributed by atoms with Crippen LogP contribution in [0, 0.1) is 6.92 Å². The number of aryl methyl sites for hydroxylation is 1. The fourth-order valence-corrected chi connectivity index (χ4v) is 1.61. The number of hydrogen-bond acceptors (Lipinski definition) is 2. The Balaban J connectivity index is 2.71. The van der Waals surface area contributed by atoms with Crippen LogP contribution >= 0.6 is 0 Å². The Kier molecular flexibility index (Phi) is 4.60. The van der Waals surface area contributed by atoms with Crippen LogP contribution in [0.5, 0.6) is 0 Å². The molecule has 0 aliphatic carbocycles. The van der Waals surface area contributed by atoms with Crippen LogP contribution in [0.4, 0.5) is 0 Å². The maximum absolute atomic E-state index is 4.32. The van der Waals surface area contributed by atoms with E-state index in [1.807, 2.05) is 13.1 Å². The second-order valence-electron chi connectivity index (χ2n) is 3.63. The Morgan fingerprint density at radius 1 is 1.36 bits per heavy atom. The molecule has 0 saturated carbocycles. The highest BCUT2D eigenvalue weighted by molar-refractivity contribution is 5.17. The molecule has 0 bridgehead atoms. The topological polar surface area (TPSA) is 24.9 Å². The number of nitrogens with one attached hydrogen (secondary N) is 1. The first-order chi connectivity index (χ1) is 6.77. The van der Waals surface area contributed by atoms with Gasteiger partial charge in [0.15, 0.2) is 0 Å². The summed E-state index contributed by atoms with van der Waals surface area (Å²) in [7, 11) is 0. The van der Waals surface area contributed by atoms with Crippen molar-refractivity contribution >= 4 is 0 Å². The van der Waals surface area contributed by atoms with E-state index < -0.39 is 0 Å². The van der Waals surface area contributed by atoms with Gasteiger partial charge in [-0.05, 0) is 31.5 Å². The lowest BCUT2D eigenvalue weighted by Gasteiger charge is -2.17. The number of hydrogen-bond donors (Lipinski definition) is 1. The molecule has 2 nitrogen and oxygen atoms in total. The van der Waals surface area contributed by atoms with Gasteiger partial charge in [-0.3, -0.25) is 4.98 Å². The van der Waals surface area contributed by atoms with Crippen molar-refractivity contribution in [1.29, 1.82) is 0 Å². The maximum Gasteiger partial charge on any atom is 0.0372 e. The average molecular weight is 192 g/mol. The predicted molar refractivity (Wildman–Crippen MR) is 60.3 cm³/mol. The van der Waals surface area contributed by atoms with Gasteiger partial charge in [-0.2, -0.15) is 0 Å². The summed E-state index contributed by atoms with van der Waals surface area (Å²) in [4.78, 5) is 4.32. The first kappa shape index (κ1) is 11.2. The second kappa shape index (κ2) is 5.76. The van der Waals surface area contributed by atoms with Gasteiger partial charge in [0, 0.05) is 17.9 Å². The SMILES string of the molecule is CCCC(NCC)c1ccc(C)nc1. The zero-order chi connectivity index (χ0) is 10.4. The molecule has 1 aromatic rings. The van der Waals surface area contributed by atoms with Crippen molar-refractivity contribution in [2.75, 3.05) is 6.54 Å². The fourth-order valence-electron chi connectivity index (χ4n) is 1.61. The van der Waals surface area contributed by atoms with Crippen molar-refractivity contribution in [3.8, 4) is 0 Å². The third-order valence-corrected chi connectivity index (χ3v) is 2.36. The van der Waals surface area contributed by atoms with Crippen molar-refractivity contribution in [2.45, 2.75) is 39.7 Å². The first-order valence-electron chi connectivity index (χ1n) is 5.43. The summed E-state index contributed by atoms with van der Waals surface area (Å²) in [5, 5.41) is 3.48. The Labute approximate surface area is 86.8 Å². The number of pyridine rings is 1. The number of aromatic nitrogens is 1. The summed E-state index contributed by atoms with van der Waals surface area (Å²) in [6.45, 7) is 7.39. The van der Waals surface area contributed by atoms with E-state index in [1.54, 1.807) is 0 Å². The van der Waals surface area contributed by atoms with Crippen LogP contribution in [-0.4, -0.2) is 11.5 Å². The molecule has 0 aromatic carbocycles. The molecule has 0 aliphatic rings. The molecule has 14 heavy (non-hydrogen) atoms. The van der Waals surface area contributed by atoms with Gasteiger partial charge in [0.05, 0.1) is 0 Å². The Morgan fingerprint density at radius 3 is 2.64 bits per heavy atom. The lowest BCUT2D eigenvalue weighted by molar-refractivity contribution is 0.508. The van der Waals surface area contributed by atoms with Gasteiger partial charge in [-0.15, -0.1) is 0 Å². The summed E-state index contributed by atoms with van der Waals surface area (Å²) >= 11 is 0.